The van der Waals surface area contributed by atoms with Gasteiger partial charge in [0.25, 0.3) is 5.91 Å². The van der Waals surface area contributed by atoms with Gasteiger partial charge in [-0.3, -0.25) is 9.59 Å². The van der Waals surface area contributed by atoms with E-state index in [1.807, 2.05) is 36.4 Å². The predicted molar refractivity (Wildman–Crippen MR) is 88.1 cm³/mol. The molecule has 0 saturated heterocycles. The van der Waals surface area contributed by atoms with Crippen LogP contribution in [-0.4, -0.2) is 18.9 Å². The summed E-state index contributed by atoms with van der Waals surface area (Å²) in [6, 6.07) is 14.7. The molecule has 5 heteroatoms. The van der Waals surface area contributed by atoms with Crippen molar-refractivity contribution in [2.45, 2.75) is 20.0 Å². The largest absolute Gasteiger partial charge is 0.497 e. The second-order valence-electron chi connectivity index (χ2n) is 5.14. The maximum Gasteiger partial charge on any atom is 0.251 e. The lowest BCUT2D eigenvalue weighted by Crippen LogP contribution is -2.23. The summed E-state index contributed by atoms with van der Waals surface area (Å²) in [7, 11) is 1.62. The van der Waals surface area contributed by atoms with Gasteiger partial charge in [0.05, 0.1) is 7.11 Å². The molecule has 0 atom stereocenters. The summed E-state index contributed by atoms with van der Waals surface area (Å²) in [5.74, 6) is 0.577. The van der Waals surface area contributed by atoms with Gasteiger partial charge >= 0.3 is 0 Å². The maximum absolute atomic E-state index is 12.1. The second-order valence-corrected chi connectivity index (χ2v) is 5.14. The van der Waals surface area contributed by atoms with E-state index < -0.39 is 0 Å². The molecule has 0 aliphatic carbocycles. The Morgan fingerprint density at radius 3 is 1.91 bits per heavy atom. The highest BCUT2D eigenvalue weighted by Gasteiger charge is 2.05. The van der Waals surface area contributed by atoms with E-state index in [0.717, 1.165) is 16.9 Å². The highest BCUT2D eigenvalue weighted by molar-refractivity contribution is 5.94. The van der Waals surface area contributed by atoms with E-state index in [1.54, 1.807) is 19.2 Å². The minimum atomic E-state index is -0.133. The summed E-state index contributed by atoms with van der Waals surface area (Å²) in [6.07, 6.45) is 0. The fourth-order valence-corrected chi connectivity index (χ4v) is 2.03. The van der Waals surface area contributed by atoms with E-state index >= 15 is 0 Å². The van der Waals surface area contributed by atoms with Crippen molar-refractivity contribution in [3.8, 4) is 5.75 Å². The van der Waals surface area contributed by atoms with E-state index in [4.69, 9.17) is 4.74 Å². The van der Waals surface area contributed by atoms with Gasteiger partial charge in [0.1, 0.15) is 5.75 Å². The van der Waals surface area contributed by atoms with Crippen molar-refractivity contribution in [2.24, 2.45) is 0 Å². The zero-order chi connectivity index (χ0) is 16.7. The maximum atomic E-state index is 12.1. The number of rotatable bonds is 6. The fourth-order valence-electron chi connectivity index (χ4n) is 2.03. The fraction of sp³-hybridized carbons (Fsp3) is 0.222. The molecule has 2 aromatic carbocycles. The minimum absolute atomic E-state index is 0.0775. The van der Waals surface area contributed by atoms with Crippen LogP contribution in [0.3, 0.4) is 0 Å². The molecule has 5 nitrogen and oxygen atoms in total. The first-order valence-electron chi connectivity index (χ1n) is 7.33. The summed E-state index contributed by atoms with van der Waals surface area (Å²) < 4.78 is 5.10. The number of amides is 2. The van der Waals surface area contributed by atoms with Crippen molar-refractivity contribution >= 4 is 11.8 Å². The van der Waals surface area contributed by atoms with E-state index in [2.05, 4.69) is 10.6 Å². The minimum Gasteiger partial charge on any atom is -0.497 e. The molecule has 0 aliphatic rings. The Bertz CT molecular complexity index is 664. The first-order valence-corrected chi connectivity index (χ1v) is 7.33. The van der Waals surface area contributed by atoms with Gasteiger partial charge in [0, 0.05) is 25.6 Å². The highest BCUT2D eigenvalue weighted by atomic mass is 16.5. The summed E-state index contributed by atoms with van der Waals surface area (Å²) in [5, 5.41) is 5.59. The SMILES string of the molecule is COc1ccc(CNC(=O)c2ccc(CNC(C)=O)cc2)cc1. The average molecular weight is 312 g/mol. The number of methoxy groups -OCH3 is 1. The zero-order valence-corrected chi connectivity index (χ0v) is 13.3. The third-order valence-electron chi connectivity index (χ3n) is 3.37. The van der Waals surface area contributed by atoms with Crippen LogP contribution in [-0.2, 0) is 17.9 Å². The van der Waals surface area contributed by atoms with Crippen molar-refractivity contribution in [1.29, 1.82) is 0 Å². The van der Waals surface area contributed by atoms with Crippen LogP contribution < -0.4 is 15.4 Å². The van der Waals surface area contributed by atoms with Gasteiger partial charge in [0.2, 0.25) is 5.91 Å². The molecule has 0 radical (unpaired) electrons. The summed E-state index contributed by atoms with van der Waals surface area (Å²) in [6.45, 7) is 2.39. The van der Waals surface area contributed by atoms with E-state index in [9.17, 15) is 9.59 Å². The topological polar surface area (TPSA) is 67.4 Å². The summed E-state index contributed by atoms with van der Waals surface area (Å²) in [5.41, 5.74) is 2.54. The monoisotopic (exact) mass is 312 g/mol. The van der Waals surface area contributed by atoms with Gasteiger partial charge in [-0.25, -0.2) is 0 Å². The van der Waals surface area contributed by atoms with Gasteiger partial charge < -0.3 is 15.4 Å². The molecular weight excluding hydrogens is 292 g/mol. The van der Waals surface area contributed by atoms with Crippen LogP contribution in [0.1, 0.15) is 28.4 Å². The molecule has 0 saturated carbocycles. The molecule has 0 heterocycles. The lowest BCUT2D eigenvalue weighted by Gasteiger charge is -2.07. The third kappa shape index (κ3) is 5.14. The lowest BCUT2D eigenvalue weighted by atomic mass is 10.1. The summed E-state index contributed by atoms with van der Waals surface area (Å²) >= 11 is 0. The molecule has 0 fully saturated rings. The van der Waals surface area contributed by atoms with Crippen LogP contribution in [0, 0.1) is 0 Å². The van der Waals surface area contributed by atoms with Crippen LogP contribution >= 0.6 is 0 Å². The molecule has 0 unspecified atom stereocenters. The third-order valence-corrected chi connectivity index (χ3v) is 3.37. The van der Waals surface area contributed by atoms with Crippen LogP contribution in [0.15, 0.2) is 48.5 Å². The van der Waals surface area contributed by atoms with Gasteiger partial charge in [-0.05, 0) is 35.4 Å². The standard InChI is InChI=1S/C18H20N2O3/c1-13(21)19-11-14-3-7-16(8-4-14)18(22)20-12-15-5-9-17(23-2)10-6-15/h3-10H,11-12H2,1-2H3,(H,19,21)(H,20,22). The molecule has 0 aliphatic heterocycles. The van der Waals surface area contributed by atoms with Crippen LogP contribution in [0.2, 0.25) is 0 Å². The van der Waals surface area contributed by atoms with Crippen LogP contribution in [0.4, 0.5) is 0 Å². The Morgan fingerprint density at radius 2 is 1.39 bits per heavy atom. The van der Waals surface area contributed by atoms with Crippen molar-refractivity contribution < 1.29 is 14.3 Å². The van der Waals surface area contributed by atoms with Crippen molar-refractivity contribution in [3.05, 3.63) is 65.2 Å². The Kier molecular flexibility index (Phi) is 5.74. The van der Waals surface area contributed by atoms with E-state index in [0.29, 0.717) is 18.7 Å². The van der Waals surface area contributed by atoms with Crippen LogP contribution in [0.25, 0.3) is 0 Å². The number of benzene rings is 2. The molecule has 2 aromatic rings. The Hall–Kier alpha value is -2.82. The van der Waals surface area contributed by atoms with E-state index in [1.165, 1.54) is 6.92 Å². The first-order chi connectivity index (χ1) is 11.1. The number of hydrogen-bond donors (Lipinski definition) is 2. The number of hydrogen-bond acceptors (Lipinski definition) is 3. The van der Waals surface area contributed by atoms with Crippen molar-refractivity contribution in [2.75, 3.05) is 7.11 Å². The first kappa shape index (κ1) is 16.5. The quantitative estimate of drug-likeness (QED) is 0.860. The molecular formula is C18H20N2O3. The molecule has 23 heavy (non-hydrogen) atoms. The van der Waals surface area contributed by atoms with Gasteiger partial charge in [-0.15, -0.1) is 0 Å². The van der Waals surface area contributed by atoms with Crippen LogP contribution in [0.5, 0.6) is 5.75 Å². The Balaban J connectivity index is 1.88. The van der Waals surface area contributed by atoms with E-state index in [-0.39, 0.29) is 11.8 Å². The normalized spacial score (nSPS) is 10.0. The Labute approximate surface area is 135 Å². The number of carbonyl (C=O) groups excluding carboxylic acids is 2. The molecule has 2 N–H and O–H groups in total. The van der Waals surface area contributed by atoms with Gasteiger partial charge in [0.15, 0.2) is 0 Å². The molecule has 0 spiro atoms. The number of nitrogens with one attached hydrogen (secondary N) is 2. The highest BCUT2D eigenvalue weighted by Crippen LogP contribution is 2.11. The van der Waals surface area contributed by atoms with Crippen molar-refractivity contribution in [1.82, 2.24) is 10.6 Å². The lowest BCUT2D eigenvalue weighted by molar-refractivity contribution is -0.119. The molecule has 2 amide bonds. The number of carbonyl (C=O) groups is 2. The number of ether oxygens (including phenoxy) is 1. The van der Waals surface area contributed by atoms with Crippen molar-refractivity contribution in [3.63, 3.8) is 0 Å². The Morgan fingerprint density at radius 1 is 0.870 bits per heavy atom. The van der Waals surface area contributed by atoms with Gasteiger partial charge in [-0.2, -0.15) is 0 Å². The average Bonchev–Trinajstić information content (AvgIpc) is 2.58. The summed E-state index contributed by atoms with van der Waals surface area (Å²) in [4.78, 5) is 23.0. The second kappa shape index (κ2) is 7.98. The van der Waals surface area contributed by atoms with Gasteiger partial charge in [-0.1, -0.05) is 24.3 Å². The predicted octanol–water partition coefficient (Wildman–Crippen LogP) is 2.26. The zero-order valence-electron chi connectivity index (χ0n) is 13.3. The molecule has 0 aromatic heterocycles. The molecule has 2 rings (SSSR count). The molecule has 0 bridgehead atoms. The molecule has 120 valence electrons. The smallest absolute Gasteiger partial charge is 0.251 e.